The lowest BCUT2D eigenvalue weighted by atomic mass is 10.0. The zero-order chi connectivity index (χ0) is 32.0. The van der Waals surface area contributed by atoms with E-state index < -0.39 is 48.9 Å². The van der Waals surface area contributed by atoms with Gasteiger partial charge in [-0.1, -0.05) is 96.8 Å². The van der Waals surface area contributed by atoms with Gasteiger partial charge in [0.1, 0.15) is 12.2 Å². The van der Waals surface area contributed by atoms with Crippen molar-refractivity contribution in [3.63, 3.8) is 0 Å². The zero-order valence-corrected chi connectivity index (χ0v) is 27.1. The Kier molecular flexibility index (Phi) is 20.6. The minimum absolute atomic E-state index is 0.00595. The molecule has 0 radical (unpaired) electrons. The predicted octanol–water partition coefficient (Wildman–Crippen LogP) is 6.02. The summed E-state index contributed by atoms with van der Waals surface area (Å²) in [4.78, 5) is 35.0. The second-order valence-corrected chi connectivity index (χ2v) is 12.6. The van der Waals surface area contributed by atoms with Crippen LogP contribution in [0.15, 0.2) is 0 Å². The van der Waals surface area contributed by atoms with Gasteiger partial charge in [0.25, 0.3) is 0 Å². The summed E-state index contributed by atoms with van der Waals surface area (Å²) in [6.45, 7) is 1.63. The maximum atomic E-state index is 12.3. The van der Waals surface area contributed by atoms with Gasteiger partial charge < -0.3 is 34.3 Å². The number of rotatable bonds is 25. The number of aliphatic hydroxyl groups is 2. The molecular formula is C34H60O10. The molecule has 3 fully saturated rings. The fourth-order valence-corrected chi connectivity index (χ4v) is 5.67. The van der Waals surface area contributed by atoms with Gasteiger partial charge in [0.2, 0.25) is 0 Å². The number of hydrogen-bond acceptors (Lipinski definition) is 9. The molecule has 3 N–H and O–H groups in total. The van der Waals surface area contributed by atoms with Gasteiger partial charge >= 0.3 is 17.9 Å². The van der Waals surface area contributed by atoms with Crippen LogP contribution < -0.4 is 0 Å². The lowest BCUT2D eigenvalue weighted by Crippen LogP contribution is -2.45. The topological polar surface area (TPSA) is 152 Å². The smallest absolute Gasteiger partial charge is 0.306 e. The molecule has 0 amide bonds. The van der Waals surface area contributed by atoms with Crippen LogP contribution in [-0.2, 0) is 33.3 Å². The first-order chi connectivity index (χ1) is 21.3. The van der Waals surface area contributed by atoms with Gasteiger partial charge in [-0.3, -0.25) is 14.4 Å². The van der Waals surface area contributed by atoms with Gasteiger partial charge in [-0.25, -0.2) is 0 Å². The minimum Gasteiger partial charge on any atom is -0.481 e. The highest BCUT2D eigenvalue weighted by Gasteiger charge is 2.47. The van der Waals surface area contributed by atoms with Gasteiger partial charge in [0.05, 0.1) is 25.4 Å². The lowest BCUT2D eigenvalue weighted by molar-refractivity contribution is -0.171. The van der Waals surface area contributed by atoms with Crippen molar-refractivity contribution in [2.45, 2.75) is 185 Å². The molecule has 0 aromatic rings. The van der Waals surface area contributed by atoms with Crippen LogP contribution in [0.1, 0.15) is 148 Å². The summed E-state index contributed by atoms with van der Waals surface area (Å²) in [5.41, 5.74) is 0. The third-order valence-electron chi connectivity index (χ3n) is 8.69. The number of carboxylic acid groups (broad SMARTS) is 1. The van der Waals surface area contributed by atoms with E-state index in [1.807, 2.05) is 0 Å². The van der Waals surface area contributed by atoms with Crippen LogP contribution in [0.4, 0.5) is 0 Å². The van der Waals surface area contributed by atoms with E-state index in [-0.39, 0.29) is 25.9 Å². The molecule has 2 aliphatic heterocycles. The van der Waals surface area contributed by atoms with Crippen LogP contribution in [0.25, 0.3) is 0 Å². The summed E-state index contributed by atoms with van der Waals surface area (Å²) in [5, 5.41) is 28.6. The molecule has 2 heterocycles. The molecule has 10 nitrogen and oxygen atoms in total. The van der Waals surface area contributed by atoms with Gasteiger partial charge in [-0.05, 0) is 32.1 Å². The molecule has 0 aromatic heterocycles. The van der Waals surface area contributed by atoms with E-state index in [9.17, 15) is 24.6 Å². The molecule has 0 spiro atoms. The average molecular weight is 629 g/mol. The van der Waals surface area contributed by atoms with Gasteiger partial charge in [-0.2, -0.15) is 0 Å². The number of carbonyl (C=O) groups excluding carboxylic acids is 2. The molecule has 2 saturated heterocycles. The maximum absolute atomic E-state index is 12.3. The van der Waals surface area contributed by atoms with E-state index in [0.29, 0.717) is 19.3 Å². The molecule has 6 atom stereocenters. The van der Waals surface area contributed by atoms with E-state index in [1.54, 1.807) is 0 Å². The van der Waals surface area contributed by atoms with Crippen LogP contribution in [0.5, 0.6) is 0 Å². The number of carboxylic acids is 1. The summed E-state index contributed by atoms with van der Waals surface area (Å²) in [5.74, 6) is -1.98. The number of hydrogen-bond donors (Lipinski definition) is 3. The Balaban J connectivity index is 0.00000119. The molecule has 3 aliphatic rings. The number of aliphatic hydroxyl groups excluding tert-OH is 2. The number of unbranched alkanes of at least 4 members (excludes halogenated alkanes) is 15. The molecular weight excluding hydrogens is 568 g/mol. The van der Waals surface area contributed by atoms with E-state index >= 15 is 0 Å². The normalized spacial score (nSPS) is 23.9. The number of fused-ring (bicyclic) bond motifs is 1. The first-order valence-electron chi connectivity index (χ1n) is 17.5. The quantitative estimate of drug-likeness (QED) is 0.0622. The van der Waals surface area contributed by atoms with E-state index in [1.165, 1.54) is 89.9 Å². The van der Waals surface area contributed by atoms with E-state index in [4.69, 9.17) is 24.1 Å². The minimum atomic E-state index is -1.10. The Morgan fingerprint density at radius 2 is 1.20 bits per heavy atom. The Morgan fingerprint density at radius 3 is 1.66 bits per heavy atom. The molecule has 0 aromatic carbocycles. The maximum Gasteiger partial charge on any atom is 0.306 e. The first-order valence-corrected chi connectivity index (χ1v) is 17.5. The summed E-state index contributed by atoms with van der Waals surface area (Å²) < 4.78 is 21.2. The fraction of sp³-hybridized carbons (Fsp3) is 0.912. The van der Waals surface area contributed by atoms with Crippen molar-refractivity contribution >= 4 is 17.9 Å². The Bertz CT molecular complexity index is 778. The zero-order valence-electron chi connectivity index (χ0n) is 27.1. The third-order valence-corrected chi connectivity index (χ3v) is 8.69. The molecule has 3 rings (SSSR count). The van der Waals surface area contributed by atoms with E-state index in [2.05, 4.69) is 6.92 Å². The molecule has 256 valence electrons. The number of aliphatic carboxylic acids is 1. The van der Waals surface area contributed by atoms with Crippen molar-refractivity contribution < 1.29 is 48.7 Å². The molecule has 44 heavy (non-hydrogen) atoms. The van der Waals surface area contributed by atoms with Crippen molar-refractivity contribution in [2.75, 3.05) is 13.2 Å². The van der Waals surface area contributed by atoms with Crippen molar-refractivity contribution in [1.29, 1.82) is 0 Å². The standard InChI is InChI=1S/C30H54O9.C4H6O/c1-2-3-4-5-6-7-8-9-10-11-12-13-14-15-16-20-27(35)38-25(22-31)30-29(24(32)23-37-30)39-28(36)21-18-17-19-26(33)34;1-2-4-3(1)5-4/h24-25,29-32H,2-23H2,1H3,(H,33,34);3-4H,1-2H2/t24-,25+,29+,30+;/m0./s1. The summed E-state index contributed by atoms with van der Waals surface area (Å²) >= 11 is 0. The van der Waals surface area contributed by atoms with Crippen LogP contribution in [0.2, 0.25) is 0 Å². The predicted molar refractivity (Wildman–Crippen MR) is 166 cm³/mol. The number of esters is 2. The third kappa shape index (κ3) is 17.1. The highest BCUT2D eigenvalue weighted by molar-refractivity contribution is 5.70. The lowest BCUT2D eigenvalue weighted by Gasteiger charge is -2.27. The van der Waals surface area contributed by atoms with Crippen LogP contribution >= 0.6 is 0 Å². The summed E-state index contributed by atoms with van der Waals surface area (Å²) in [6, 6.07) is 0. The number of ether oxygens (including phenoxy) is 4. The second kappa shape index (κ2) is 23.6. The van der Waals surface area contributed by atoms with Crippen molar-refractivity contribution in [1.82, 2.24) is 0 Å². The summed E-state index contributed by atoms with van der Waals surface area (Å²) in [6.07, 6.45) is 19.4. The van der Waals surface area contributed by atoms with Crippen LogP contribution in [0.3, 0.4) is 0 Å². The Labute approximate surface area is 264 Å². The van der Waals surface area contributed by atoms with E-state index in [0.717, 1.165) is 25.0 Å². The Morgan fingerprint density at radius 1 is 0.727 bits per heavy atom. The molecule has 1 aliphatic carbocycles. The average Bonchev–Trinajstić information content (AvgIpc) is 3.43. The second-order valence-electron chi connectivity index (χ2n) is 12.6. The first kappa shape index (κ1) is 38.4. The highest BCUT2D eigenvalue weighted by atomic mass is 16.6. The van der Waals surface area contributed by atoms with Crippen molar-refractivity contribution in [3.05, 3.63) is 0 Å². The van der Waals surface area contributed by atoms with Crippen molar-refractivity contribution in [3.8, 4) is 0 Å². The summed E-state index contributed by atoms with van der Waals surface area (Å²) in [7, 11) is 0. The van der Waals surface area contributed by atoms with Crippen LogP contribution in [-0.4, -0.2) is 83.1 Å². The van der Waals surface area contributed by atoms with Gasteiger partial charge in [0.15, 0.2) is 12.2 Å². The Hall–Kier alpha value is -1.75. The molecule has 1 saturated carbocycles. The number of carbonyl (C=O) groups is 3. The van der Waals surface area contributed by atoms with Gasteiger partial charge in [0, 0.05) is 19.3 Å². The SMILES string of the molecule is C1CC2OC12.CCCCCCCCCCCCCCCCCC(=O)O[C@H](CO)[C@H]1OC[C@H](O)[C@H]1OC(=O)CCCCC(=O)O. The molecule has 2 unspecified atom stereocenters. The monoisotopic (exact) mass is 628 g/mol. The largest absolute Gasteiger partial charge is 0.481 e. The van der Waals surface area contributed by atoms with Gasteiger partial charge in [-0.15, -0.1) is 0 Å². The van der Waals surface area contributed by atoms with Crippen molar-refractivity contribution in [2.24, 2.45) is 0 Å². The fourth-order valence-electron chi connectivity index (χ4n) is 5.67. The highest BCUT2D eigenvalue weighted by Crippen LogP contribution is 2.40. The molecule has 0 bridgehead atoms. The number of epoxide rings is 1. The van der Waals surface area contributed by atoms with Crippen LogP contribution in [0, 0.1) is 0 Å². The molecule has 10 heteroatoms.